The predicted octanol–water partition coefficient (Wildman–Crippen LogP) is 2.95. The van der Waals surface area contributed by atoms with E-state index >= 15 is 0 Å². The monoisotopic (exact) mass is 433 g/mol. The Kier molecular flexibility index (Phi) is 7.17. The molecule has 0 saturated carbocycles. The Morgan fingerprint density at radius 1 is 1.00 bits per heavy atom. The molecule has 0 bridgehead atoms. The second-order valence-corrected chi connectivity index (χ2v) is 7.18. The summed E-state index contributed by atoms with van der Waals surface area (Å²) in [5.41, 5.74) is 7.32. The molecule has 0 aromatic heterocycles. The van der Waals surface area contributed by atoms with E-state index in [1.54, 1.807) is 0 Å². The molecule has 0 radical (unpaired) electrons. The minimum Gasteiger partial charge on any atom is -0.496 e. The third kappa shape index (κ3) is 5.28. The molecule has 0 saturated heterocycles. The number of nitrogens with one attached hydrogen (secondary N) is 1. The topological polar surface area (TPSA) is 125 Å². The van der Waals surface area contributed by atoms with E-state index in [2.05, 4.69) is 5.32 Å². The van der Waals surface area contributed by atoms with Crippen LogP contribution in [0.4, 0.5) is 5.69 Å². The smallest absolute Gasteiger partial charge is 0.269 e. The molecular formula is C24H23N3O5. The number of non-ortho nitro benzene ring substituents is 1. The number of carbonyl (C=O) groups excluding carboxylic acids is 2. The second kappa shape index (κ2) is 10.2. The van der Waals surface area contributed by atoms with Gasteiger partial charge in [-0.3, -0.25) is 19.7 Å². The molecule has 0 fully saturated rings. The van der Waals surface area contributed by atoms with Gasteiger partial charge < -0.3 is 15.8 Å². The zero-order valence-electron chi connectivity index (χ0n) is 17.4. The zero-order chi connectivity index (χ0) is 23.1. The van der Waals surface area contributed by atoms with E-state index < -0.39 is 28.7 Å². The largest absolute Gasteiger partial charge is 0.496 e. The highest BCUT2D eigenvalue weighted by Gasteiger charge is 2.28. The van der Waals surface area contributed by atoms with Crippen molar-refractivity contribution in [3.63, 3.8) is 0 Å². The molecule has 0 heterocycles. The molecule has 164 valence electrons. The number of nitrogens with two attached hydrogens (primary N) is 1. The fourth-order valence-electron chi connectivity index (χ4n) is 3.52. The Morgan fingerprint density at radius 2 is 1.56 bits per heavy atom. The maximum absolute atomic E-state index is 13.3. The highest BCUT2D eigenvalue weighted by molar-refractivity contribution is 5.92. The third-order valence-electron chi connectivity index (χ3n) is 5.09. The first-order valence-electron chi connectivity index (χ1n) is 9.91. The van der Waals surface area contributed by atoms with Gasteiger partial charge in [-0.1, -0.05) is 60.7 Å². The summed E-state index contributed by atoms with van der Waals surface area (Å²) in [5, 5.41) is 13.9. The molecule has 1 atom stereocenters. The van der Waals surface area contributed by atoms with Gasteiger partial charge in [0, 0.05) is 24.1 Å². The van der Waals surface area contributed by atoms with Gasteiger partial charge in [0.1, 0.15) is 11.8 Å². The molecule has 3 rings (SSSR count). The highest BCUT2D eigenvalue weighted by atomic mass is 16.6. The van der Waals surface area contributed by atoms with Crippen molar-refractivity contribution in [3.8, 4) is 5.75 Å². The van der Waals surface area contributed by atoms with Crippen molar-refractivity contribution < 1.29 is 19.2 Å². The number of carbonyl (C=O) groups is 2. The fraction of sp³-hybridized carbons (Fsp3) is 0.167. The number of rotatable bonds is 9. The van der Waals surface area contributed by atoms with E-state index in [-0.39, 0.29) is 12.1 Å². The molecule has 0 aliphatic rings. The van der Waals surface area contributed by atoms with Gasteiger partial charge in [-0.05, 0) is 17.2 Å². The first-order chi connectivity index (χ1) is 15.4. The summed E-state index contributed by atoms with van der Waals surface area (Å²) in [5.74, 6) is -1.47. The summed E-state index contributed by atoms with van der Waals surface area (Å²) in [6.07, 6.45) is -0.0533. The molecule has 32 heavy (non-hydrogen) atoms. The van der Waals surface area contributed by atoms with Crippen LogP contribution in [0.5, 0.6) is 5.75 Å². The Labute approximate surface area is 185 Å². The molecule has 2 amide bonds. The fourth-order valence-corrected chi connectivity index (χ4v) is 3.52. The molecule has 3 N–H and O–H groups in total. The van der Waals surface area contributed by atoms with Gasteiger partial charge in [0.2, 0.25) is 11.8 Å². The van der Waals surface area contributed by atoms with E-state index in [9.17, 15) is 19.7 Å². The summed E-state index contributed by atoms with van der Waals surface area (Å²) in [7, 11) is 1.42. The second-order valence-electron chi connectivity index (χ2n) is 7.18. The Morgan fingerprint density at radius 3 is 2.03 bits per heavy atom. The van der Waals surface area contributed by atoms with Crippen LogP contribution >= 0.6 is 0 Å². The van der Waals surface area contributed by atoms with Crippen molar-refractivity contribution >= 4 is 17.5 Å². The molecule has 0 unspecified atom stereocenters. The van der Waals surface area contributed by atoms with Gasteiger partial charge in [0.05, 0.1) is 18.0 Å². The van der Waals surface area contributed by atoms with Gasteiger partial charge in [-0.15, -0.1) is 0 Å². The van der Waals surface area contributed by atoms with Crippen LogP contribution in [-0.2, 0) is 16.0 Å². The SMILES string of the molecule is COc1ccc([N+](=O)[O-])cc1C[C@H](NC(=O)C(c1ccccc1)c1ccccc1)C(N)=O. The van der Waals surface area contributed by atoms with E-state index in [1.807, 2.05) is 60.7 Å². The van der Waals surface area contributed by atoms with Crippen LogP contribution in [0.15, 0.2) is 78.9 Å². The van der Waals surface area contributed by atoms with Crippen molar-refractivity contribution in [2.45, 2.75) is 18.4 Å². The lowest BCUT2D eigenvalue weighted by molar-refractivity contribution is -0.384. The van der Waals surface area contributed by atoms with Crippen LogP contribution < -0.4 is 15.8 Å². The van der Waals surface area contributed by atoms with Gasteiger partial charge in [-0.25, -0.2) is 0 Å². The maximum Gasteiger partial charge on any atom is 0.269 e. The van der Waals surface area contributed by atoms with Gasteiger partial charge in [0.25, 0.3) is 5.69 Å². The number of primary amides is 1. The zero-order valence-corrected chi connectivity index (χ0v) is 17.4. The van der Waals surface area contributed by atoms with Crippen molar-refractivity contribution in [2.75, 3.05) is 7.11 Å². The van der Waals surface area contributed by atoms with Crippen molar-refractivity contribution in [1.82, 2.24) is 5.32 Å². The summed E-state index contributed by atoms with van der Waals surface area (Å²) in [6.45, 7) is 0. The van der Waals surface area contributed by atoms with Crippen LogP contribution in [-0.4, -0.2) is 29.9 Å². The Hall–Kier alpha value is -4.20. The number of hydrogen-bond acceptors (Lipinski definition) is 5. The number of amides is 2. The molecule has 8 nitrogen and oxygen atoms in total. The summed E-state index contributed by atoms with van der Waals surface area (Å²) < 4.78 is 5.26. The van der Waals surface area contributed by atoms with Crippen molar-refractivity contribution in [2.24, 2.45) is 5.73 Å². The molecule has 0 aliphatic carbocycles. The standard InChI is InChI=1S/C24H23N3O5/c1-32-21-13-12-19(27(30)31)14-18(21)15-20(23(25)28)26-24(29)22(16-8-4-2-5-9-16)17-10-6-3-7-11-17/h2-14,20,22H,15H2,1H3,(H2,25,28)(H,26,29)/t20-/m0/s1. The lowest BCUT2D eigenvalue weighted by Gasteiger charge is -2.22. The van der Waals surface area contributed by atoms with E-state index in [4.69, 9.17) is 10.5 Å². The number of nitrogens with zero attached hydrogens (tertiary/aromatic N) is 1. The van der Waals surface area contributed by atoms with E-state index in [1.165, 1.54) is 25.3 Å². The molecular weight excluding hydrogens is 410 g/mol. The number of hydrogen-bond donors (Lipinski definition) is 2. The molecule has 3 aromatic rings. The minimum absolute atomic E-state index is 0.0533. The highest BCUT2D eigenvalue weighted by Crippen LogP contribution is 2.27. The number of ether oxygens (including phenoxy) is 1. The summed E-state index contributed by atoms with van der Waals surface area (Å²) in [6, 6.07) is 21.3. The summed E-state index contributed by atoms with van der Waals surface area (Å²) >= 11 is 0. The molecule has 0 aliphatic heterocycles. The third-order valence-corrected chi connectivity index (χ3v) is 5.09. The van der Waals surface area contributed by atoms with Gasteiger partial charge >= 0.3 is 0 Å². The number of nitro benzene ring substituents is 1. The predicted molar refractivity (Wildman–Crippen MR) is 119 cm³/mol. The van der Waals surface area contributed by atoms with Crippen LogP contribution in [0.1, 0.15) is 22.6 Å². The van der Waals surface area contributed by atoms with Crippen LogP contribution in [0, 0.1) is 10.1 Å². The lowest BCUT2D eigenvalue weighted by atomic mass is 9.90. The number of benzene rings is 3. The number of nitro groups is 1. The normalized spacial score (nSPS) is 11.6. The van der Waals surface area contributed by atoms with Gasteiger partial charge in [0.15, 0.2) is 0 Å². The Balaban J connectivity index is 1.91. The minimum atomic E-state index is -1.09. The number of methoxy groups -OCH3 is 1. The average Bonchev–Trinajstić information content (AvgIpc) is 2.80. The van der Waals surface area contributed by atoms with E-state index in [0.717, 1.165) is 11.1 Å². The molecule has 0 spiro atoms. The van der Waals surface area contributed by atoms with Crippen LogP contribution in [0.3, 0.4) is 0 Å². The first-order valence-corrected chi connectivity index (χ1v) is 9.91. The van der Waals surface area contributed by atoms with Crippen LogP contribution in [0.25, 0.3) is 0 Å². The molecule has 3 aromatic carbocycles. The maximum atomic E-state index is 13.3. The quantitative estimate of drug-likeness (QED) is 0.396. The van der Waals surface area contributed by atoms with Crippen molar-refractivity contribution in [1.29, 1.82) is 0 Å². The summed E-state index contributed by atoms with van der Waals surface area (Å²) in [4.78, 5) is 36.1. The first kappa shape index (κ1) is 22.5. The lowest BCUT2D eigenvalue weighted by Crippen LogP contribution is -2.47. The Bertz CT molecular complexity index is 1060. The molecule has 8 heteroatoms. The van der Waals surface area contributed by atoms with Crippen molar-refractivity contribution in [3.05, 3.63) is 106 Å². The van der Waals surface area contributed by atoms with E-state index in [0.29, 0.717) is 11.3 Å². The van der Waals surface area contributed by atoms with Crippen LogP contribution in [0.2, 0.25) is 0 Å². The van der Waals surface area contributed by atoms with Gasteiger partial charge in [-0.2, -0.15) is 0 Å². The average molecular weight is 433 g/mol.